The Hall–Kier alpha value is -0.900. The first-order valence-electron chi connectivity index (χ1n) is 7.90. The molecule has 0 aromatic heterocycles. The largest absolute Gasteiger partial charge is 0.491 e. The minimum absolute atomic E-state index is 0.187. The van der Waals surface area contributed by atoms with Gasteiger partial charge in [0.05, 0.1) is 13.2 Å². The van der Waals surface area contributed by atoms with Gasteiger partial charge in [-0.15, -0.1) is 0 Å². The Morgan fingerprint density at radius 2 is 1.45 bits per heavy atom. The van der Waals surface area contributed by atoms with Crippen LogP contribution in [0.15, 0.2) is 11.7 Å². The lowest BCUT2D eigenvalue weighted by atomic mass is 10.1. The van der Waals surface area contributed by atoms with Crippen molar-refractivity contribution in [2.45, 2.75) is 65.7 Å². The van der Waals surface area contributed by atoms with E-state index in [9.17, 15) is 0 Å². The highest BCUT2D eigenvalue weighted by molar-refractivity contribution is 4.95. The number of allylic oxidation sites excluding steroid dienone is 1. The number of hydrogen-bond donors (Lipinski definition) is 0. The van der Waals surface area contributed by atoms with Crippen molar-refractivity contribution in [3.05, 3.63) is 11.7 Å². The van der Waals surface area contributed by atoms with Crippen LogP contribution >= 0.6 is 0 Å². The molecule has 0 spiro atoms. The van der Waals surface area contributed by atoms with Crippen LogP contribution in [0.2, 0.25) is 0 Å². The molecule has 20 heavy (non-hydrogen) atoms. The summed E-state index contributed by atoms with van der Waals surface area (Å²) in [5.41, 5.74) is 0. The second kappa shape index (κ2) is 14.5. The van der Waals surface area contributed by atoms with Crippen molar-refractivity contribution >= 4 is 0 Å². The van der Waals surface area contributed by atoms with E-state index in [1.807, 2.05) is 0 Å². The summed E-state index contributed by atoms with van der Waals surface area (Å²) < 4.78 is 21.9. The van der Waals surface area contributed by atoms with Crippen LogP contribution in [0.5, 0.6) is 0 Å². The minimum Gasteiger partial charge on any atom is -0.491 e. The molecule has 0 aromatic rings. The molecule has 0 unspecified atom stereocenters. The van der Waals surface area contributed by atoms with Gasteiger partial charge in [-0.3, -0.25) is 0 Å². The molecule has 0 fully saturated rings. The van der Waals surface area contributed by atoms with E-state index in [4.69, 9.17) is 18.9 Å². The van der Waals surface area contributed by atoms with E-state index < -0.39 is 0 Å². The molecule has 0 aliphatic carbocycles. The van der Waals surface area contributed by atoms with Crippen LogP contribution in [0.3, 0.4) is 0 Å². The van der Waals surface area contributed by atoms with Gasteiger partial charge >= 0.3 is 5.95 Å². The quantitative estimate of drug-likeness (QED) is 0.266. The lowest BCUT2D eigenvalue weighted by Gasteiger charge is -2.17. The van der Waals surface area contributed by atoms with E-state index in [2.05, 4.69) is 20.8 Å². The summed E-state index contributed by atoms with van der Waals surface area (Å²) in [6, 6.07) is 0. The second-order valence-electron chi connectivity index (χ2n) is 4.77. The number of unbranched alkanes of at least 4 members (excludes halogenated alkanes) is 3. The molecular formula is C16H32O4. The normalized spacial score (nSPS) is 12.0. The predicted molar refractivity (Wildman–Crippen MR) is 81.2 cm³/mol. The fraction of sp³-hybridized carbons (Fsp3) is 0.875. The van der Waals surface area contributed by atoms with E-state index in [0.717, 1.165) is 31.4 Å². The van der Waals surface area contributed by atoms with Crippen LogP contribution < -0.4 is 0 Å². The van der Waals surface area contributed by atoms with E-state index >= 15 is 0 Å². The maximum atomic E-state index is 5.80. The molecule has 0 heterocycles. The molecule has 0 N–H and O–H groups in total. The molecule has 0 saturated heterocycles. The molecule has 4 nitrogen and oxygen atoms in total. The average molecular weight is 288 g/mol. The van der Waals surface area contributed by atoms with E-state index in [1.54, 1.807) is 7.11 Å². The van der Waals surface area contributed by atoms with Gasteiger partial charge in [-0.1, -0.05) is 40.0 Å². The molecule has 0 rings (SSSR count). The van der Waals surface area contributed by atoms with Crippen LogP contribution in [0.1, 0.15) is 65.7 Å². The first kappa shape index (κ1) is 19.1. The van der Waals surface area contributed by atoms with Crippen LogP contribution in [0, 0.1) is 0 Å². The van der Waals surface area contributed by atoms with Crippen molar-refractivity contribution in [2.24, 2.45) is 0 Å². The number of rotatable bonds is 14. The molecule has 0 aliphatic rings. The molecule has 4 heteroatoms. The summed E-state index contributed by atoms with van der Waals surface area (Å²) in [4.78, 5) is 0. The van der Waals surface area contributed by atoms with Crippen molar-refractivity contribution in [1.29, 1.82) is 0 Å². The zero-order valence-corrected chi connectivity index (χ0v) is 13.7. The molecule has 120 valence electrons. The highest BCUT2D eigenvalue weighted by Gasteiger charge is 2.12. The van der Waals surface area contributed by atoms with Crippen molar-refractivity contribution in [3.8, 4) is 0 Å². The van der Waals surface area contributed by atoms with Crippen LogP contribution in [0.4, 0.5) is 0 Å². The third-order valence-corrected chi connectivity index (χ3v) is 2.71. The average Bonchev–Trinajstić information content (AvgIpc) is 2.47. The molecule has 0 aliphatic heterocycles. The van der Waals surface area contributed by atoms with Crippen molar-refractivity contribution in [1.82, 2.24) is 0 Å². The highest BCUT2D eigenvalue weighted by atomic mass is 16.7. The van der Waals surface area contributed by atoms with E-state index in [-0.39, 0.29) is 6.79 Å². The molecular weight excluding hydrogens is 256 g/mol. The third-order valence-electron chi connectivity index (χ3n) is 2.71. The summed E-state index contributed by atoms with van der Waals surface area (Å²) in [7, 11) is 1.60. The zero-order chi connectivity index (χ0) is 15.1. The van der Waals surface area contributed by atoms with E-state index in [0.29, 0.717) is 19.2 Å². The van der Waals surface area contributed by atoms with Gasteiger partial charge in [0.25, 0.3) is 0 Å². The lowest BCUT2D eigenvalue weighted by molar-refractivity contribution is -0.0685. The molecule has 0 saturated carbocycles. The number of methoxy groups -OCH3 is 1. The van der Waals surface area contributed by atoms with Gasteiger partial charge in [-0.05, 0) is 19.3 Å². The fourth-order valence-electron chi connectivity index (χ4n) is 1.68. The number of hydrogen-bond acceptors (Lipinski definition) is 4. The first-order chi connectivity index (χ1) is 9.79. The van der Waals surface area contributed by atoms with Crippen molar-refractivity contribution < 1.29 is 18.9 Å². The highest BCUT2D eigenvalue weighted by Crippen LogP contribution is 2.18. The second-order valence-corrected chi connectivity index (χ2v) is 4.77. The van der Waals surface area contributed by atoms with Gasteiger partial charge in [0, 0.05) is 13.5 Å². The predicted octanol–water partition coefficient (Wildman–Crippen LogP) is 4.60. The maximum Gasteiger partial charge on any atom is 0.321 e. The summed E-state index contributed by atoms with van der Waals surface area (Å²) >= 11 is 0. The lowest BCUT2D eigenvalue weighted by Crippen LogP contribution is -2.08. The fourth-order valence-corrected chi connectivity index (χ4v) is 1.68. The topological polar surface area (TPSA) is 36.9 Å². The van der Waals surface area contributed by atoms with Crippen LogP contribution in [-0.2, 0) is 18.9 Å². The molecule has 0 atom stereocenters. The van der Waals surface area contributed by atoms with Gasteiger partial charge in [-0.2, -0.15) is 0 Å². The number of ether oxygens (including phenoxy) is 4. The van der Waals surface area contributed by atoms with Gasteiger partial charge < -0.3 is 18.9 Å². The Labute approximate surface area is 124 Å². The Morgan fingerprint density at radius 3 is 2.05 bits per heavy atom. The summed E-state index contributed by atoms with van der Waals surface area (Å²) in [5, 5.41) is 0. The van der Waals surface area contributed by atoms with E-state index in [1.165, 1.54) is 19.3 Å². The van der Waals surface area contributed by atoms with Crippen LogP contribution in [0.25, 0.3) is 0 Å². The molecule has 0 radical (unpaired) electrons. The Kier molecular flexibility index (Phi) is 13.9. The Morgan fingerprint density at radius 1 is 0.750 bits per heavy atom. The Bertz CT molecular complexity index is 229. The van der Waals surface area contributed by atoms with Gasteiger partial charge in [-0.25, -0.2) is 0 Å². The maximum absolute atomic E-state index is 5.80. The van der Waals surface area contributed by atoms with Crippen molar-refractivity contribution in [3.63, 3.8) is 0 Å². The van der Waals surface area contributed by atoms with Gasteiger partial charge in [0.15, 0.2) is 12.6 Å². The van der Waals surface area contributed by atoms with Crippen molar-refractivity contribution in [2.75, 3.05) is 27.1 Å². The summed E-state index contributed by atoms with van der Waals surface area (Å²) in [5.74, 6) is 1.33. The van der Waals surface area contributed by atoms with Gasteiger partial charge in [0.1, 0.15) is 0 Å². The summed E-state index contributed by atoms with van der Waals surface area (Å²) in [6.45, 7) is 7.89. The molecule has 0 aromatic carbocycles. The van der Waals surface area contributed by atoms with Gasteiger partial charge in [0.2, 0.25) is 0 Å². The standard InChI is InChI=1S/C16H32O4/c1-5-8-9-10-11-15(18-12-6-2)16(19-13-7-3)20-14-17-4/h5-14H2,1-4H3/b16-15-. The molecule has 0 bridgehead atoms. The minimum atomic E-state index is 0.187. The zero-order valence-electron chi connectivity index (χ0n) is 13.7. The first-order valence-corrected chi connectivity index (χ1v) is 7.90. The third kappa shape index (κ3) is 9.96. The smallest absolute Gasteiger partial charge is 0.321 e. The SMILES string of the molecule is CCCCCC/C(OCCC)=C(\OCCC)OCOC. The summed E-state index contributed by atoms with van der Waals surface area (Å²) in [6.07, 6.45) is 7.58. The molecule has 0 amide bonds. The monoisotopic (exact) mass is 288 g/mol. The van der Waals surface area contributed by atoms with Crippen LogP contribution in [-0.4, -0.2) is 27.1 Å². The Balaban J connectivity index is 4.56.